The van der Waals surface area contributed by atoms with E-state index in [-0.39, 0.29) is 12.5 Å². The number of hydrogen-bond donors (Lipinski definition) is 3. The van der Waals surface area contributed by atoms with Crippen molar-refractivity contribution >= 4 is 5.91 Å². The molecular formula is C27H51NO3. The molecule has 4 heteroatoms. The van der Waals surface area contributed by atoms with Crippen LogP contribution in [0.25, 0.3) is 0 Å². The lowest BCUT2D eigenvalue weighted by Gasteiger charge is -2.19. The lowest BCUT2D eigenvalue weighted by molar-refractivity contribution is -0.123. The first-order valence-electron chi connectivity index (χ1n) is 13.1. The smallest absolute Gasteiger partial charge is 0.220 e. The van der Waals surface area contributed by atoms with Crippen LogP contribution in [0, 0.1) is 0 Å². The van der Waals surface area contributed by atoms with Gasteiger partial charge in [0.25, 0.3) is 0 Å². The third-order valence-corrected chi connectivity index (χ3v) is 5.68. The van der Waals surface area contributed by atoms with Crippen molar-refractivity contribution in [3.63, 3.8) is 0 Å². The van der Waals surface area contributed by atoms with Crippen molar-refractivity contribution in [2.75, 3.05) is 6.61 Å². The number of amides is 1. The molecule has 3 N–H and O–H groups in total. The van der Waals surface area contributed by atoms with Crippen molar-refractivity contribution in [2.24, 2.45) is 0 Å². The summed E-state index contributed by atoms with van der Waals surface area (Å²) < 4.78 is 0. The van der Waals surface area contributed by atoms with Gasteiger partial charge in [-0.2, -0.15) is 0 Å². The van der Waals surface area contributed by atoms with Crippen molar-refractivity contribution in [3.05, 3.63) is 24.3 Å². The molecule has 0 fully saturated rings. The molecule has 4 nitrogen and oxygen atoms in total. The fourth-order valence-electron chi connectivity index (χ4n) is 3.57. The van der Waals surface area contributed by atoms with Gasteiger partial charge >= 0.3 is 0 Å². The van der Waals surface area contributed by atoms with E-state index in [9.17, 15) is 15.0 Å². The highest BCUT2D eigenvalue weighted by atomic mass is 16.3. The first kappa shape index (κ1) is 29.9. The standard InChI is InChI=1S/C27H51NO3/c1-3-5-7-9-10-11-12-13-14-15-16-17-18-19-21-23-27(31)28-25(24-29)26(30)22-20-8-6-4-2/h13-14,20,22,25-26,29-30H,3-12,15-19,21,23-24H2,1-2H3,(H,28,31)/b14-13-,22-20+. The maximum Gasteiger partial charge on any atom is 0.220 e. The SMILES string of the molecule is CCCC/C=C/C(O)C(CO)NC(=O)CCCCCCC/C=C\CCCCCCCC. The number of carbonyl (C=O) groups excluding carboxylic acids is 1. The predicted octanol–water partition coefficient (Wildman–Crippen LogP) is 6.61. The first-order valence-corrected chi connectivity index (χ1v) is 13.1. The van der Waals surface area contributed by atoms with Gasteiger partial charge in [0.2, 0.25) is 5.91 Å². The van der Waals surface area contributed by atoms with Crippen LogP contribution in [0.2, 0.25) is 0 Å². The summed E-state index contributed by atoms with van der Waals surface area (Å²) in [6.45, 7) is 4.13. The van der Waals surface area contributed by atoms with Crippen LogP contribution in [-0.4, -0.2) is 34.9 Å². The quantitative estimate of drug-likeness (QED) is 0.132. The molecule has 0 heterocycles. The Morgan fingerprint density at radius 2 is 1.26 bits per heavy atom. The van der Waals surface area contributed by atoms with E-state index in [4.69, 9.17) is 0 Å². The molecule has 1 amide bonds. The van der Waals surface area contributed by atoms with E-state index in [1.54, 1.807) is 6.08 Å². The van der Waals surface area contributed by atoms with Crippen LogP contribution in [0.4, 0.5) is 0 Å². The average Bonchev–Trinajstić information content (AvgIpc) is 2.77. The number of nitrogens with one attached hydrogen (secondary N) is 1. The maximum absolute atomic E-state index is 12.1. The molecule has 0 aliphatic rings. The number of allylic oxidation sites excluding steroid dienone is 3. The minimum atomic E-state index is -0.833. The van der Waals surface area contributed by atoms with E-state index in [0.717, 1.165) is 44.9 Å². The fraction of sp³-hybridized carbons (Fsp3) is 0.815. The van der Waals surface area contributed by atoms with E-state index < -0.39 is 12.1 Å². The summed E-state index contributed by atoms with van der Waals surface area (Å²) in [5.41, 5.74) is 0. The Morgan fingerprint density at radius 3 is 1.84 bits per heavy atom. The molecular weight excluding hydrogens is 386 g/mol. The van der Waals surface area contributed by atoms with Gasteiger partial charge in [-0.05, 0) is 38.5 Å². The molecule has 0 aliphatic heterocycles. The lowest BCUT2D eigenvalue weighted by Crippen LogP contribution is -2.45. The van der Waals surface area contributed by atoms with Crippen LogP contribution in [0.15, 0.2) is 24.3 Å². The molecule has 0 rings (SSSR count). The Bertz CT molecular complexity index is 448. The topological polar surface area (TPSA) is 69.6 Å². The average molecular weight is 438 g/mol. The van der Waals surface area contributed by atoms with Gasteiger partial charge in [0.1, 0.15) is 0 Å². The number of aliphatic hydroxyl groups is 2. The third kappa shape index (κ3) is 20.5. The summed E-state index contributed by atoms with van der Waals surface area (Å²) in [5.74, 6) is -0.0855. The van der Waals surface area contributed by atoms with Crippen LogP contribution >= 0.6 is 0 Å². The van der Waals surface area contributed by atoms with E-state index >= 15 is 0 Å². The highest BCUT2D eigenvalue weighted by molar-refractivity contribution is 5.76. The van der Waals surface area contributed by atoms with Gasteiger partial charge in [-0.1, -0.05) is 102 Å². The van der Waals surface area contributed by atoms with Crippen LogP contribution in [0.3, 0.4) is 0 Å². The van der Waals surface area contributed by atoms with Crippen molar-refractivity contribution < 1.29 is 15.0 Å². The second-order valence-electron chi connectivity index (χ2n) is 8.75. The highest BCUT2D eigenvalue weighted by Crippen LogP contribution is 2.10. The van der Waals surface area contributed by atoms with Gasteiger partial charge in [-0.15, -0.1) is 0 Å². The number of rotatable bonds is 22. The molecule has 0 aliphatic carbocycles. The zero-order valence-corrected chi connectivity index (χ0v) is 20.5. The molecule has 31 heavy (non-hydrogen) atoms. The maximum atomic E-state index is 12.1. The van der Waals surface area contributed by atoms with E-state index in [0.29, 0.717) is 6.42 Å². The van der Waals surface area contributed by atoms with E-state index in [1.807, 2.05) is 6.08 Å². The molecule has 0 aromatic carbocycles. The third-order valence-electron chi connectivity index (χ3n) is 5.68. The van der Waals surface area contributed by atoms with Gasteiger partial charge in [-0.25, -0.2) is 0 Å². The molecule has 0 bridgehead atoms. The van der Waals surface area contributed by atoms with Crippen molar-refractivity contribution in [1.82, 2.24) is 5.32 Å². The van der Waals surface area contributed by atoms with Crippen molar-refractivity contribution in [1.29, 1.82) is 0 Å². The molecule has 0 spiro atoms. The second-order valence-corrected chi connectivity index (χ2v) is 8.75. The molecule has 182 valence electrons. The Kier molecular flexibility index (Phi) is 22.7. The predicted molar refractivity (Wildman–Crippen MR) is 133 cm³/mol. The van der Waals surface area contributed by atoms with Gasteiger partial charge in [-0.3, -0.25) is 4.79 Å². The summed E-state index contributed by atoms with van der Waals surface area (Å²) in [6, 6.07) is -0.617. The fourth-order valence-corrected chi connectivity index (χ4v) is 3.57. The Balaban J connectivity index is 3.61. The minimum absolute atomic E-state index is 0.0855. The minimum Gasteiger partial charge on any atom is -0.394 e. The normalized spacial score (nSPS) is 13.8. The Morgan fingerprint density at radius 1 is 0.742 bits per heavy atom. The highest BCUT2D eigenvalue weighted by Gasteiger charge is 2.17. The zero-order chi connectivity index (χ0) is 23.0. The van der Waals surface area contributed by atoms with Crippen molar-refractivity contribution in [2.45, 2.75) is 135 Å². The number of hydrogen-bond acceptors (Lipinski definition) is 3. The monoisotopic (exact) mass is 437 g/mol. The van der Waals surface area contributed by atoms with Crippen molar-refractivity contribution in [3.8, 4) is 0 Å². The van der Waals surface area contributed by atoms with Gasteiger partial charge < -0.3 is 15.5 Å². The molecule has 2 unspecified atom stereocenters. The molecule has 0 aromatic heterocycles. The summed E-state index contributed by atoms with van der Waals surface area (Å²) in [4.78, 5) is 12.1. The summed E-state index contributed by atoms with van der Waals surface area (Å²) >= 11 is 0. The van der Waals surface area contributed by atoms with Crippen LogP contribution < -0.4 is 5.32 Å². The molecule has 2 atom stereocenters. The molecule has 0 radical (unpaired) electrons. The summed E-state index contributed by atoms with van der Waals surface area (Å²) in [7, 11) is 0. The second kappa shape index (κ2) is 23.5. The largest absolute Gasteiger partial charge is 0.394 e. The molecule has 0 aromatic rings. The molecule has 0 saturated heterocycles. The number of aliphatic hydroxyl groups excluding tert-OH is 2. The lowest BCUT2D eigenvalue weighted by atomic mass is 10.1. The van der Waals surface area contributed by atoms with Crippen LogP contribution in [0.5, 0.6) is 0 Å². The van der Waals surface area contributed by atoms with E-state index in [2.05, 4.69) is 31.3 Å². The Hall–Kier alpha value is -1.13. The molecule has 0 saturated carbocycles. The zero-order valence-electron chi connectivity index (χ0n) is 20.5. The number of carbonyl (C=O) groups is 1. The van der Waals surface area contributed by atoms with Gasteiger partial charge in [0.05, 0.1) is 18.8 Å². The summed E-state index contributed by atoms with van der Waals surface area (Å²) in [6.07, 6.45) is 27.1. The van der Waals surface area contributed by atoms with Gasteiger partial charge in [0.15, 0.2) is 0 Å². The summed E-state index contributed by atoms with van der Waals surface area (Å²) in [5, 5.41) is 22.3. The van der Waals surface area contributed by atoms with Crippen LogP contribution in [0.1, 0.15) is 123 Å². The van der Waals surface area contributed by atoms with Gasteiger partial charge in [0, 0.05) is 6.42 Å². The number of unbranched alkanes of at least 4 members (excludes halogenated alkanes) is 13. The first-order chi connectivity index (χ1) is 15.2. The van der Waals surface area contributed by atoms with Crippen LogP contribution in [-0.2, 0) is 4.79 Å². The van der Waals surface area contributed by atoms with E-state index in [1.165, 1.54) is 57.8 Å². The Labute approximate surface area is 192 Å².